The molecule has 0 spiro atoms. The van der Waals surface area contributed by atoms with Crippen molar-refractivity contribution in [3.05, 3.63) is 70.8 Å². The monoisotopic (exact) mass is 1010 g/mol. The summed E-state index contributed by atoms with van der Waals surface area (Å²) >= 11 is 6.56. The highest BCUT2D eigenvalue weighted by Crippen LogP contribution is 2.50. The summed E-state index contributed by atoms with van der Waals surface area (Å²) in [6, 6.07) is 10.2. The van der Waals surface area contributed by atoms with Crippen molar-refractivity contribution in [1.82, 2.24) is 20.4 Å². The molecule has 16 nitrogen and oxygen atoms in total. The van der Waals surface area contributed by atoms with E-state index >= 15 is 0 Å². The van der Waals surface area contributed by atoms with Gasteiger partial charge in [-0.05, 0) is 114 Å². The van der Waals surface area contributed by atoms with Crippen LogP contribution in [0.3, 0.4) is 0 Å². The number of rotatable bonds is 20. The van der Waals surface area contributed by atoms with Gasteiger partial charge in [0, 0.05) is 80.3 Å². The van der Waals surface area contributed by atoms with Gasteiger partial charge in [0.05, 0.1) is 30.5 Å². The first-order valence-corrected chi connectivity index (χ1v) is 26.0. The number of methoxy groups -OCH3 is 2. The molecule has 11 atom stereocenters. The molecule has 2 aromatic carbocycles. The Hall–Kier alpha value is -5.63. The first-order chi connectivity index (χ1) is 34.2. The summed E-state index contributed by atoms with van der Waals surface area (Å²) in [5, 5.41) is 7.28. The highest BCUT2D eigenvalue weighted by atomic mass is 35.5. The predicted molar refractivity (Wildman–Crippen MR) is 276 cm³/mol. The van der Waals surface area contributed by atoms with E-state index in [1.165, 1.54) is 4.90 Å². The number of hydrogen-bond donors (Lipinski definition) is 4. The van der Waals surface area contributed by atoms with Gasteiger partial charge in [0.2, 0.25) is 23.6 Å². The molecule has 0 aromatic heterocycles. The molecule has 2 aliphatic carbocycles. The van der Waals surface area contributed by atoms with Crippen molar-refractivity contribution >= 4 is 47.1 Å². The largest absolute Gasteiger partial charge is 0.487 e. The van der Waals surface area contributed by atoms with E-state index in [1.54, 1.807) is 31.3 Å². The number of aliphatic imine (C=N–C) groups is 2. The maximum Gasteiger partial charge on any atom is 0.233 e. The van der Waals surface area contributed by atoms with E-state index in [4.69, 9.17) is 53.4 Å². The maximum atomic E-state index is 14.3. The third-order valence-corrected chi connectivity index (χ3v) is 16.4. The number of ether oxygens (including phenoxy) is 4. The molecule has 8 rings (SSSR count). The third-order valence-electron chi connectivity index (χ3n) is 16.1. The Labute approximate surface area is 429 Å². The number of fused-ring (bicyclic) bond motifs is 2. The molecule has 4 amide bonds. The van der Waals surface area contributed by atoms with Crippen molar-refractivity contribution in [2.24, 2.45) is 45.1 Å². The molecule has 17 heteroatoms. The average molecular weight is 1010 g/mol. The molecule has 72 heavy (non-hydrogen) atoms. The standard InChI is InChI=1S/C55H73ClN8O8/c1-10-54(11-2)30-46(65)63(50(57)61-54)42(19-22-69-8)34-26-36(34)48(67)59-40-28-52(5,6)71-44-16-14-32(24-38(40)44)18-21-53(7)29-41(39-25-33(56)15-17-45(39)72-53)60-49(68)37-27-35(37)43(20-23-70-9)64-47(66)31-55(12-3,13-4)62-51(64)58/h1,12,14-17,24-25,34-37,40-43H,3,11,13,18-23,26-31H2,2,4-9H3,(H2,57,61)(H2,58,62)(H,59,67)(H,60,68)/t34?,35-,36?,37?,40-,41-,42+,43?,53?,54+,55+/m0/s1. The fourth-order valence-corrected chi connectivity index (χ4v) is 11.9. The smallest absolute Gasteiger partial charge is 0.233 e. The van der Waals surface area contributed by atoms with Gasteiger partial charge < -0.3 is 41.0 Å². The highest BCUT2D eigenvalue weighted by Gasteiger charge is 2.55. The number of benzene rings is 2. The summed E-state index contributed by atoms with van der Waals surface area (Å²) in [7, 11) is 3.22. The lowest BCUT2D eigenvalue weighted by molar-refractivity contribution is -0.133. The van der Waals surface area contributed by atoms with Crippen LogP contribution in [0.5, 0.6) is 11.5 Å². The fourth-order valence-electron chi connectivity index (χ4n) is 11.7. The van der Waals surface area contributed by atoms with Crippen LogP contribution in [0.1, 0.15) is 134 Å². The van der Waals surface area contributed by atoms with Crippen molar-refractivity contribution < 1.29 is 38.1 Å². The number of aryl methyl sites for hydroxylation is 1. The molecule has 6 aliphatic rings. The van der Waals surface area contributed by atoms with Gasteiger partial charge in [-0.3, -0.25) is 29.0 Å². The fraction of sp³-hybridized carbons (Fsp3) is 0.600. The Balaban J connectivity index is 0.950. The van der Waals surface area contributed by atoms with Crippen LogP contribution in [0.4, 0.5) is 0 Å². The summed E-state index contributed by atoms with van der Waals surface area (Å²) in [5.41, 5.74) is 12.8. The van der Waals surface area contributed by atoms with Crippen molar-refractivity contribution in [3.63, 3.8) is 0 Å². The number of carbonyl (C=O) groups excluding carboxylic acids is 4. The van der Waals surface area contributed by atoms with E-state index in [0.29, 0.717) is 93.9 Å². The molecule has 2 fully saturated rings. The third kappa shape index (κ3) is 10.8. The Bertz CT molecular complexity index is 2560. The minimum atomic E-state index is -0.969. The van der Waals surface area contributed by atoms with Crippen LogP contribution in [0.15, 0.2) is 59.0 Å². The first kappa shape index (κ1) is 52.7. The lowest BCUT2D eigenvalue weighted by Gasteiger charge is -2.41. The lowest BCUT2D eigenvalue weighted by Crippen LogP contribution is -2.56. The van der Waals surface area contributed by atoms with E-state index in [-0.39, 0.29) is 90.2 Å². The predicted octanol–water partition coefficient (Wildman–Crippen LogP) is 6.68. The number of nitrogens with zero attached hydrogens (tertiary/aromatic N) is 4. The van der Waals surface area contributed by atoms with Gasteiger partial charge in [-0.1, -0.05) is 49.6 Å². The first-order valence-electron chi connectivity index (χ1n) is 25.6. The minimum absolute atomic E-state index is 0.0556. The number of carbonyl (C=O) groups is 4. The molecule has 0 bridgehead atoms. The molecule has 4 aliphatic heterocycles. The Morgan fingerprint density at radius 3 is 1.96 bits per heavy atom. The number of nitrogens with one attached hydrogen (secondary N) is 2. The van der Waals surface area contributed by atoms with E-state index in [1.807, 2.05) is 45.9 Å². The second-order valence-corrected chi connectivity index (χ2v) is 22.2. The van der Waals surface area contributed by atoms with Crippen LogP contribution in [-0.4, -0.2) is 107 Å². The molecule has 5 unspecified atom stereocenters. The minimum Gasteiger partial charge on any atom is -0.487 e. The van der Waals surface area contributed by atoms with Crippen LogP contribution < -0.4 is 31.6 Å². The molecule has 6 N–H and O–H groups in total. The molecule has 388 valence electrons. The van der Waals surface area contributed by atoms with Crippen LogP contribution in [0, 0.1) is 36.0 Å². The second kappa shape index (κ2) is 20.7. The molecule has 0 radical (unpaired) electrons. The van der Waals surface area contributed by atoms with Gasteiger partial charge in [-0.2, -0.15) is 0 Å². The van der Waals surface area contributed by atoms with E-state index < -0.39 is 28.3 Å². The number of amides is 4. The summed E-state index contributed by atoms with van der Waals surface area (Å²) in [6.07, 6.45) is 13.3. The van der Waals surface area contributed by atoms with Crippen LogP contribution in [0.2, 0.25) is 5.02 Å². The van der Waals surface area contributed by atoms with Crippen molar-refractivity contribution in [2.75, 3.05) is 27.4 Å². The van der Waals surface area contributed by atoms with Crippen molar-refractivity contribution in [3.8, 4) is 23.8 Å². The van der Waals surface area contributed by atoms with Gasteiger partial charge in [0.15, 0.2) is 11.9 Å². The summed E-state index contributed by atoms with van der Waals surface area (Å²) in [4.78, 5) is 68.3. The zero-order valence-corrected chi connectivity index (χ0v) is 43.7. The number of halogens is 1. The van der Waals surface area contributed by atoms with E-state index in [0.717, 1.165) is 16.7 Å². The summed E-state index contributed by atoms with van der Waals surface area (Å²) < 4.78 is 24.1. The van der Waals surface area contributed by atoms with Gasteiger partial charge in [-0.25, -0.2) is 9.98 Å². The summed E-state index contributed by atoms with van der Waals surface area (Å²) in [6.45, 7) is 14.7. The molecule has 2 aromatic rings. The normalized spacial score (nSPS) is 31.0. The molecular formula is C55H73ClN8O8. The Morgan fingerprint density at radius 2 is 1.42 bits per heavy atom. The van der Waals surface area contributed by atoms with Crippen LogP contribution in [0.25, 0.3) is 0 Å². The summed E-state index contributed by atoms with van der Waals surface area (Å²) in [5.74, 6) is 2.81. The van der Waals surface area contributed by atoms with Crippen molar-refractivity contribution in [1.29, 1.82) is 0 Å². The number of nitrogens with two attached hydrogens (primary N) is 2. The number of guanidine groups is 2. The zero-order chi connectivity index (χ0) is 51.9. The van der Waals surface area contributed by atoms with Gasteiger partial charge in [-0.15, -0.1) is 13.0 Å². The van der Waals surface area contributed by atoms with Gasteiger partial charge >= 0.3 is 0 Å². The lowest BCUT2D eigenvalue weighted by atomic mass is 9.83. The molecule has 2 saturated carbocycles. The Morgan fingerprint density at radius 1 is 0.861 bits per heavy atom. The Kier molecular flexibility index (Phi) is 15.2. The van der Waals surface area contributed by atoms with Gasteiger partial charge in [0.1, 0.15) is 28.2 Å². The van der Waals surface area contributed by atoms with Gasteiger partial charge in [0.25, 0.3) is 0 Å². The van der Waals surface area contributed by atoms with E-state index in [2.05, 4.69) is 47.2 Å². The van der Waals surface area contributed by atoms with Crippen LogP contribution in [-0.2, 0) is 35.1 Å². The maximum absolute atomic E-state index is 14.3. The topological polar surface area (TPSA) is 212 Å². The zero-order valence-electron chi connectivity index (χ0n) is 42.9. The molecular weight excluding hydrogens is 936 g/mol. The molecule has 4 heterocycles. The second-order valence-electron chi connectivity index (χ2n) is 21.7. The quantitative estimate of drug-likeness (QED) is 0.0816. The van der Waals surface area contributed by atoms with E-state index in [9.17, 15) is 19.2 Å². The average Bonchev–Trinajstić information content (AvgIpc) is 4.28. The SMILES string of the molecule is C#C[C@@]1(CC)CC(=O)N([C@H](CCOC)C2CC2C(=O)N[C@H]2CC(C)(C)Oc3ccc(CCC4(C)C[C@H](NC(=O)C5C[C@@H]5C(CCOC)N5C(=O)C[C@@](C=C)(CC)N=C5N)c5cc(Cl)ccc5O4)cc32)C(N)=N1. The van der Waals surface area contributed by atoms with Crippen LogP contribution >= 0.6 is 11.6 Å². The highest BCUT2D eigenvalue weighted by molar-refractivity contribution is 6.30. The number of terminal acetylenes is 1. The molecule has 0 saturated heterocycles. The number of hydrogen-bond acceptors (Lipinski definition) is 12. The van der Waals surface area contributed by atoms with Crippen molar-refractivity contribution in [2.45, 2.75) is 158 Å².